The highest BCUT2D eigenvalue weighted by Gasteiger charge is 2.04. The van der Waals surface area contributed by atoms with Crippen LogP contribution in [0, 0.1) is 11.7 Å². The minimum absolute atomic E-state index is 0. The van der Waals surface area contributed by atoms with Gasteiger partial charge in [0.2, 0.25) is 0 Å². The van der Waals surface area contributed by atoms with Crippen LogP contribution in [0.15, 0.2) is 23.2 Å². The van der Waals surface area contributed by atoms with Crippen LogP contribution in [0.5, 0.6) is 5.75 Å². The number of hydrogen-bond donors (Lipinski definition) is 2. The number of halogens is 2. The Bertz CT molecular complexity index is 467. The van der Waals surface area contributed by atoms with Crippen LogP contribution in [-0.2, 0) is 6.54 Å². The van der Waals surface area contributed by atoms with Gasteiger partial charge in [-0.3, -0.25) is 4.99 Å². The quantitative estimate of drug-likeness (QED) is 0.305. The Kier molecular flexibility index (Phi) is 11.0. The summed E-state index contributed by atoms with van der Waals surface area (Å²) in [7, 11) is 3.19. The molecule has 1 rings (SSSR count). The van der Waals surface area contributed by atoms with E-state index in [1.165, 1.54) is 19.6 Å². The largest absolute Gasteiger partial charge is 0.494 e. The van der Waals surface area contributed by atoms with Crippen molar-refractivity contribution in [3.63, 3.8) is 0 Å². The molecule has 0 spiro atoms. The van der Waals surface area contributed by atoms with Crippen molar-refractivity contribution in [1.82, 2.24) is 10.6 Å². The summed E-state index contributed by atoms with van der Waals surface area (Å²) in [5.41, 5.74) is 0.846. The maximum Gasteiger partial charge on any atom is 0.191 e. The maximum atomic E-state index is 13.6. The zero-order chi connectivity index (χ0) is 15.7. The molecule has 0 heterocycles. The summed E-state index contributed by atoms with van der Waals surface area (Å²) < 4.78 is 18.5. The Morgan fingerprint density at radius 1 is 1.32 bits per heavy atom. The third-order valence-electron chi connectivity index (χ3n) is 3.15. The van der Waals surface area contributed by atoms with Gasteiger partial charge in [0.05, 0.1) is 7.11 Å². The van der Waals surface area contributed by atoms with E-state index in [1.807, 2.05) is 6.07 Å². The lowest BCUT2D eigenvalue weighted by atomic mass is 10.1. The van der Waals surface area contributed by atoms with Gasteiger partial charge in [0.1, 0.15) is 0 Å². The monoisotopic (exact) mass is 423 g/mol. The van der Waals surface area contributed by atoms with E-state index >= 15 is 0 Å². The second-order valence-corrected chi connectivity index (χ2v) is 5.36. The number of nitrogens with one attached hydrogen (secondary N) is 2. The van der Waals surface area contributed by atoms with Crippen LogP contribution in [0.1, 0.15) is 32.3 Å². The fraction of sp³-hybridized carbons (Fsp3) is 0.562. The molecule has 6 heteroatoms. The van der Waals surface area contributed by atoms with Crippen molar-refractivity contribution in [2.45, 2.75) is 33.2 Å². The van der Waals surface area contributed by atoms with Gasteiger partial charge in [-0.25, -0.2) is 4.39 Å². The molecule has 0 amide bonds. The Balaban J connectivity index is 0.00000441. The van der Waals surface area contributed by atoms with Crippen LogP contribution in [0.3, 0.4) is 0 Å². The Morgan fingerprint density at radius 2 is 2.05 bits per heavy atom. The number of hydrogen-bond acceptors (Lipinski definition) is 2. The standard InChI is InChI=1S/C16H26FN3O.HI/c1-12(2)6-5-9-19-16(18-3)20-11-13-7-8-15(21-4)14(17)10-13;/h7-8,10,12H,5-6,9,11H2,1-4H3,(H2,18,19,20);1H. The SMILES string of the molecule is CN=C(NCCCC(C)C)NCc1ccc(OC)c(F)c1.I. The van der Waals surface area contributed by atoms with Gasteiger partial charge in [0, 0.05) is 20.1 Å². The van der Waals surface area contributed by atoms with E-state index in [-0.39, 0.29) is 35.5 Å². The van der Waals surface area contributed by atoms with E-state index in [0.29, 0.717) is 12.5 Å². The molecular formula is C16H27FIN3O. The lowest BCUT2D eigenvalue weighted by Crippen LogP contribution is -2.37. The Labute approximate surface area is 149 Å². The molecule has 0 atom stereocenters. The van der Waals surface area contributed by atoms with Gasteiger partial charge < -0.3 is 15.4 Å². The number of nitrogens with zero attached hydrogens (tertiary/aromatic N) is 1. The highest BCUT2D eigenvalue weighted by molar-refractivity contribution is 14.0. The third kappa shape index (κ3) is 7.82. The smallest absolute Gasteiger partial charge is 0.191 e. The fourth-order valence-corrected chi connectivity index (χ4v) is 1.94. The van der Waals surface area contributed by atoms with Gasteiger partial charge in [0.25, 0.3) is 0 Å². The van der Waals surface area contributed by atoms with Gasteiger partial charge in [-0.2, -0.15) is 0 Å². The molecule has 22 heavy (non-hydrogen) atoms. The van der Waals surface area contributed by atoms with Crippen molar-refractivity contribution >= 4 is 29.9 Å². The number of rotatable bonds is 7. The van der Waals surface area contributed by atoms with Crippen molar-refractivity contribution in [2.75, 3.05) is 20.7 Å². The van der Waals surface area contributed by atoms with E-state index < -0.39 is 0 Å². The fourth-order valence-electron chi connectivity index (χ4n) is 1.94. The van der Waals surface area contributed by atoms with Crippen LogP contribution in [0.4, 0.5) is 4.39 Å². The first-order valence-electron chi connectivity index (χ1n) is 7.33. The molecule has 0 saturated carbocycles. The van der Waals surface area contributed by atoms with E-state index in [4.69, 9.17) is 4.74 Å². The average molecular weight is 423 g/mol. The lowest BCUT2D eigenvalue weighted by molar-refractivity contribution is 0.386. The molecule has 4 nitrogen and oxygen atoms in total. The van der Waals surface area contributed by atoms with Gasteiger partial charge >= 0.3 is 0 Å². The zero-order valence-corrected chi connectivity index (χ0v) is 16.1. The van der Waals surface area contributed by atoms with Crippen molar-refractivity contribution < 1.29 is 9.13 Å². The molecule has 2 N–H and O–H groups in total. The number of aliphatic imine (C=N–C) groups is 1. The van der Waals surface area contributed by atoms with Gasteiger partial charge in [-0.1, -0.05) is 19.9 Å². The molecule has 1 aromatic carbocycles. The van der Waals surface area contributed by atoms with Crippen LogP contribution in [0.25, 0.3) is 0 Å². The zero-order valence-electron chi connectivity index (χ0n) is 13.8. The highest BCUT2D eigenvalue weighted by Crippen LogP contribution is 2.17. The molecule has 0 aliphatic heterocycles. The predicted octanol–water partition coefficient (Wildman–Crippen LogP) is 3.55. The van der Waals surface area contributed by atoms with Crippen molar-refractivity contribution in [3.8, 4) is 5.75 Å². The van der Waals surface area contributed by atoms with Crippen LogP contribution in [-0.4, -0.2) is 26.7 Å². The first-order chi connectivity index (χ1) is 10.1. The van der Waals surface area contributed by atoms with E-state index in [0.717, 1.165) is 24.5 Å². The number of methoxy groups -OCH3 is 1. The number of ether oxygens (including phenoxy) is 1. The summed E-state index contributed by atoms with van der Waals surface area (Å²) in [4.78, 5) is 4.15. The third-order valence-corrected chi connectivity index (χ3v) is 3.15. The molecule has 0 bridgehead atoms. The minimum Gasteiger partial charge on any atom is -0.494 e. The first kappa shape index (κ1) is 20.9. The second-order valence-electron chi connectivity index (χ2n) is 5.36. The molecule has 126 valence electrons. The summed E-state index contributed by atoms with van der Waals surface area (Å²) in [5, 5.41) is 6.42. The average Bonchev–Trinajstić information content (AvgIpc) is 2.46. The summed E-state index contributed by atoms with van der Waals surface area (Å²) >= 11 is 0. The molecule has 0 unspecified atom stereocenters. The molecule has 0 aliphatic rings. The van der Waals surface area contributed by atoms with Crippen LogP contribution < -0.4 is 15.4 Å². The number of benzene rings is 1. The molecule has 0 saturated heterocycles. The summed E-state index contributed by atoms with van der Waals surface area (Å²) in [6.45, 7) is 5.83. The number of guanidine groups is 1. The Hall–Kier alpha value is -1.05. The molecule has 0 aliphatic carbocycles. The second kappa shape index (κ2) is 11.5. The van der Waals surface area contributed by atoms with E-state index in [1.54, 1.807) is 13.1 Å². The lowest BCUT2D eigenvalue weighted by Gasteiger charge is -2.13. The molecule has 0 fully saturated rings. The summed E-state index contributed by atoms with van der Waals surface area (Å²) in [6, 6.07) is 4.93. The summed E-state index contributed by atoms with van der Waals surface area (Å²) in [6.07, 6.45) is 2.29. The van der Waals surface area contributed by atoms with Gasteiger partial charge in [0.15, 0.2) is 17.5 Å². The molecule has 1 aromatic rings. The van der Waals surface area contributed by atoms with Crippen molar-refractivity contribution in [2.24, 2.45) is 10.9 Å². The predicted molar refractivity (Wildman–Crippen MR) is 101 cm³/mol. The molecule has 0 aromatic heterocycles. The van der Waals surface area contributed by atoms with Crippen molar-refractivity contribution in [1.29, 1.82) is 0 Å². The van der Waals surface area contributed by atoms with E-state index in [2.05, 4.69) is 29.5 Å². The molecule has 0 radical (unpaired) electrons. The van der Waals surface area contributed by atoms with Gasteiger partial charge in [-0.05, 0) is 36.5 Å². The topological polar surface area (TPSA) is 45.7 Å². The van der Waals surface area contributed by atoms with Crippen LogP contribution in [0.2, 0.25) is 0 Å². The minimum atomic E-state index is -0.350. The highest BCUT2D eigenvalue weighted by atomic mass is 127. The van der Waals surface area contributed by atoms with Crippen molar-refractivity contribution in [3.05, 3.63) is 29.6 Å². The molecular weight excluding hydrogens is 396 g/mol. The van der Waals surface area contributed by atoms with Gasteiger partial charge in [-0.15, -0.1) is 24.0 Å². The first-order valence-corrected chi connectivity index (χ1v) is 7.33. The normalized spacial score (nSPS) is 11.1. The Morgan fingerprint density at radius 3 is 2.59 bits per heavy atom. The summed E-state index contributed by atoms with van der Waals surface area (Å²) in [5.74, 6) is 1.35. The van der Waals surface area contributed by atoms with Crippen LogP contribution >= 0.6 is 24.0 Å². The van der Waals surface area contributed by atoms with E-state index in [9.17, 15) is 4.39 Å². The maximum absolute atomic E-state index is 13.6.